The predicted octanol–water partition coefficient (Wildman–Crippen LogP) is 0.541. The van der Waals surface area contributed by atoms with Crippen molar-refractivity contribution in [3.05, 3.63) is 43.7 Å². The number of fused-ring (bicyclic) bond motifs is 1. The average molecular weight is 317 g/mol. The number of rotatable bonds is 3. The van der Waals surface area contributed by atoms with Gasteiger partial charge in [-0.05, 0) is 15.9 Å². The van der Waals surface area contributed by atoms with E-state index in [1.54, 1.807) is 6.08 Å². The van der Waals surface area contributed by atoms with E-state index in [-0.39, 0.29) is 12.3 Å². The first-order valence-corrected chi connectivity index (χ1v) is 6.20. The molecule has 18 heavy (non-hydrogen) atoms. The molecule has 0 radical (unpaired) electrons. The van der Waals surface area contributed by atoms with Crippen molar-refractivity contribution in [2.75, 3.05) is 13.2 Å². The van der Waals surface area contributed by atoms with Crippen LogP contribution in [0.25, 0.3) is 0 Å². The fourth-order valence-electron chi connectivity index (χ4n) is 1.81. The van der Waals surface area contributed by atoms with Crippen LogP contribution in [0.1, 0.15) is 12.0 Å². The summed E-state index contributed by atoms with van der Waals surface area (Å²) in [7, 11) is 1.44. The largest absolute Gasteiger partial charge is 0.345 e. The number of ether oxygens (including phenoxy) is 2. The molecule has 6 nitrogen and oxygen atoms in total. The van der Waals surface area contributed by atoms with Gasteiger partial charge in [0.25, 0.3) is 5.56 Å². The summed E-state index contributed by atoms with van der Waals surface area (Å²) in [4.78, 5) is 23.8. The van der Waals surface area contributed by atoms with Crippen LogP contribution in [0.15, 0.2) is 26.7 Å². The van der Waals surface area contributed by atoms with Gasteiger partial charge in [0.15, 0.2) is 0 Å². The van der Waals surface area contributed by atoms with E-state index in [0.717, 1.165) is 4.57 Å². The lowest BCUT2D eigenvalue weighted by molar-refractivity contribution is -0.158. The molecule has 0 N–H and O–H groups in total. The van der Waals surface area contributed by atoms with Gasteiger partial charge in [-0.25, -0.2) is 4.79 Å². The number of hydrogen-bond donors (Lipinski definition) is 0. The molecule has 0 saturated heterocycles. The van der Waals surface area contributed by atoms with Gasteiger partial charge in [0.05, 0.1) is 25.5 Å². The quantitative estimate of drug-likeness (QED) is 0.764. The molecule has 0 spiro atoms. The average Bonchev–Trinajstić information content (AvgIpc) is 2.40. The van der Waals surface area contributed by atoms with Crippen LogP contribution in [0.5, 0.6) is 0 Å². The zero-order valence-corrected chi connectivity index (χ0v) is 11.5. The molecule has 1 unspecified atom stereocenters. The smallest absolute Gasteiger partial charge is 0.331 e. The van der Waals surface area contributed by atoms with Crippen LogP contribution in [0.4, 0.5) is 0 Å². The highest BCUT2D eigenvalue weighted by molar-refractivity contribution is 9.10. The second kappa shape index (κ2) is 5.21. The molecule has 0 fully saturated rings. The summed E-state index contributed by atoms with van der Waals surface area (Å²) in [5.74, 6) is 0. The summed E-state index contributed by atoms with van der Waals surface area (Å²) in [6.07, 6.45) is 0.850. The SMILES string of the molecule is C=CCOC1OCCn2c1c(Br)c(=O)n(C)c2=O. The molecule has 98 valence electrons. The van der Waals surface area contributed by atoms with E-state index in [2.05, 4.69) is 22.5 Å². The molecule has 0 aromatic carbocycles. The minimum atomic E-state index is -0.729. The molecule has 1 aromatic heterocycles. The van der Waals surface area contributed by atoms with Gasteiger partial charge in [0.1, 0.15) is 4.47 Å². The van der Waals surface area contributed by atoms with Crippen LogP contribution in [-0.4, -0.2) is 22.3 Å². The Morgan fingerprint density at radius 2 is 2.33 bits per heavy atom. The van der Waals surface area contributed by atoms with Crippen molar-refractivity contribution in [2.24, 2.45) is 7.05 Å². The normalized spacial score (nSPS) is 18.4. The molecule has 2 rings (SSSR count). The molecule has 7 heteroatoms. The Balaban J connectivity index is 2.60. The van der Waals surface area contributed by atoms with Gasteiger partial charge >= 0.3 is 5.69 Å². The summed E-state index contributed by atoms with van der Waals surface area (Å²) in [6, 6.07) is 0. The highest BCUT2D eigenvalue weighted by Crippen LogP contribution is 2.26. The van der Waals surface area contributed by atoms with Gasteiger partial charge in [0.2, 0.25) is 6.29 Å². The monoisotopic (exact) mass is 316 g/mol. The molecular formula is C11H13BrN2O4. The third-order valence-corrected chi connectivity index (χ3v) is 3.44. The predicted molar refractivity (Wildman–Crippen MR) is 68.5 cm³/mol. The number of aromatic nitrogens is 2. The molecule has 1 aromatic rings. The maximum atomic E-state index is 12.0. The van der Waals surface area contributed by atoms with Gasteiger partial charge in [-0.1, -0.05) is 6.08 Å². The molecule has 2 heterocycles. The Bertz CT molecular complexity index is 590. The van der Waals surface area contributed by atoms with Crippen molar-refractivity contribution >= 4 is 15.9 Å². The maximum absolute atomic E-state index is 12.0. The fourth-order valence-corrected chi connectivity index (χ4v) is 2.47. The minimum Gasteiger partial charge on any atom is -0.345 e. The minimum absolute atomic E-state index is 0.278. The lowest BCUT2D eigenvalue weighted by atomic mass is 10.3. The maximum Gasteiger partial charge on any atom is 0.331 e. The zero-order valence-electron chi connectivity index (χ0n) is 9.89. The Morgan fingerprint density at radius 1 is 1.61 bits per heavy atom. The van der Waals surface area contributed by atoms with E-state index in [4.69, 9.17) is 9.47 Å². The Hall–Kier alpha value is -1.18. The van der Waals surface area contributed by atoms with E-state index in [1.165, 1.54) is 11.6 Å². The summed E-state index contributed by atoms with van der Waals surface area (Å²) in [5.41, 5.74) is -0.339. The van der Waals surface area contributed by atoms with Crippen LogP contribution >= 0.6 is 15.9 Å². The Labute approximate surface area is 112 Å². The molecule has 0 aliphatic carbocycles. The second-order valence-electron chi connectivity index (χ2n) is 3.82. The molecule has 0 bridgehead atoms. The highest BCUT2D eigenvalue weighted by atomic mass is 79.9. The van der Waals surface area contributed by atoms with E-state index in [1.807, 2.05) is 0 Å². The number of halogens is 1. The Kier molecular flexibility index (Phi) is 3.84. The van der Waals surface area contributed by atoms with Crippen LogP contribution in [-0.2, 0) is 23.1 Å². The first-order chi connectivity index (χ1) is 8.57. The van der Waals surface area contributed by atoms with Crippen molar-refractivity contribution < 1.29 is 9.47 Å². The first-order valence-electron chi connectivity index (χ1n) is 5.41. The second-order valence-corrected chi connectivity index (χ2v) is 4.62. The van der Waals surface area contributed by atoms with Crippen LogP contribution in [0, 0.1) is 0 Å². The molecule has 0 amide bonds. The van der Waals surface area contributed by atoms with Crippen LogP contribution in [0.3, 0.4) is 0 Å². The molecule has 0 saturated carbocycles. The van der Waals surface area contributed by atoms with Gasteiger partial charge in [-0.15, -0.1) is 6.58 Å². The van der Waals surface area contributed by atoms with Crippen molar-refractivity contribution in [2.45, 2.75) is 12.8 Å². The fraction of sp³-hybridized carbons (Fsp3) is 0.455. The Morgan fingerprint density at radius 3 is 3.00 bits per heavy atom. The van der Waals surface area contributed by atoms with Crippen molar-refractivity contribution in [1.82, 2.24) is 9.13 Å². The highest BCUT2D eigenvalue weighted by Gasteiger charge is 2.27. The third kappa shape index (κ3) is 2.09. The summed E-state index contributed by atoms with van der Waals surface area (Å²) in [6.45, 7) is 4.58. The first kappa shape index (κ1) is 13.3. The van der Waals surface area contributed by atoms with Crippen LogP contribution < -0.4 is 11.2 Å². The van der Waals surface area contributed by atoms with Crippen molar-refractivity contribution in [3.8, 4) is 0 Å². The summed E-state index contributed by atoms with van der Waals surface area (Å²) >= 11 is 3.20. The number of nitrogens with zero attached hydrogens (tertiary/aromatic N) is 2. The molecule has 1 atom stereocenters. The van der Waals surface area contributed by atoms with Gasteiger partial charge in [-0.3, -0.25) is 13.9 Å². The van der Waals surface area contributed by atoms with E-state index >= 15 is 0 Å². The van der Waals surface area contributed by atoms with Gasteiger partial charge < -0.3 is 9.47 Å². The van der Waals surface area contributed by atoms with Gasteiger partial charge in [0, 0.05) is 7.05 Å². The molecule has 1 aliphatic heterocycles. The third-order valence-electron chi connectivity index (χ3n) is 2.70. The van der Waals surface area contributed by atoms with Crippen molar-refractivity contribution in [1.29, 1.82) is 0 Å². The van der Waals surface area contributed by atoms with E-state index < -0.39 is 11.8 Å². The van der Waals surface area contributed by atoms with Gasteiger partial charge in [-0.2, -0.15) is 0 Å². The lowest BCUT2D eigenvalue weighted by Crippen LogP contribution is -2.44. The zero-order chi connectivity index (χ0) is 13.3. The lowest BCUT2D eigenvalue weighted by Gasteiger charge is -2.27. The summed E-state index contributed by atoms with van der Waals surface area (Å²) < 4.78 is 13.7. The summed E-state index contributed by atoms with van der Waals surface area (Å²) in [5, 5.41) is 0. The standard InChI is InChI=1S/C11H13BrN2O4/c1-3-5-17-10-8-7(12)9(15)13(2)11(16)14(8)4-6-18-10/h3,10H,1,4-6H2,2H3. The molecular weight excluding hydrogens is 304 g/mol. The number of hydrogen-bond acceptors (Lipinski definition) is 4. The molecule has 1 aliphatic rings. The van der Waals surface area contributed by atoms with E-state index in [0.29, 0.717) is 23.3 Å². The van der Waals surface area contributed by atoms with Crippen molar-refractivity contribution in [3.63, 3.8) is 0 Å². The van der Waals surface area contributed by atoms with E-state index in [9.17, 15) is 9.59 Å². The topological polar surface area (TPSA) is 62.5 Å². The van der Waals surface area contributed by atoms with Crippen LogP contribution in [0.2, 0.25) is 0 Å².